The first-order valence-corrected chi connectivity index (χ1v) is 6.42. The molecule has 3 rings (SSSR count). The first kappa shape index (κ1) is 11.0. The fourth-order valence-electron chi connectivity index (χ4n) is 2.74. The van der Waals surface area contributed by atoms with Gasteiger partial charge in [0, 0.05) is 24.7 Å². The van der Waals surface area contributed by atoms with Gasteiger partial charge in [-0.1, -0.05) is 6.07 Å². The molecule has 1 atom stereocenters. The van der Waals surface area contributed by atoms with Crippen LogP contribution in [0.5, 0.6) is 0 Å². The van der Waals surface area contributed by atoms with E-state index in [1.807, 2.05) is 0 Å². The van der Waals surface area contributed by atoms with Crippen LogP contribution in [-0.2, 0) is 18.0 Å². The van der Waals surface area contributed by atoms with Gasteiger partial charge in [0.1, 0.15) is 5.82 Å². The molecule has 1 unspecified atom stereocenters. The first-order chi connectivity index (χ1) is 8.38. The Bertz CT molecular complexity index is 408. The van der Waals surface area contributed by atoms with Crippen molar-refractivity contribution >= 4 is 5.82 Å². The molecule has 17 heavy (non-hydrogen) atoms. The quantitative estimate of drug-likeness (QED) is 0.839. The van der Waals surface area contributed by atoms with Gasteiger partial charge in [0.25, 0.3) is 0 Å². The van der Waals surface area contributed by atoms with E-state index < -0.39 is 0 Å². The predicted molar refractivity (Wildman–Crippen MR) is 66.8 cm³/mol. The molecule has 2 aliphatic heterocycles. The van der Waals surface area contributed by atoms with E-state index in [4.69, 9.17) is 15.5 Å². The number of pyridine rings is 1. The fraction of sp³-hybridized carbons (Fsp3) is 0.615. The van der Waals surface area contributed by atoms with Crippen molar-refractivity contribution < 1.29 is 4.74 Å². The van der Waals surface area contributed by atoms with Crippen LogP contribution in [0.25, 0.3) is 0 Å². The molecule has 0 saturated carbocycles. The normalized spacial score (nSPS) is 23.8. The number of rotatable bonds is 2. The van der Waals surface area contributed by atoms with Crippen LogP contribution in [0.3, 0.4) is 0 Å². The average Bonchev–Trinajstić information content (AvgIpc) is 2.85. The molecule has 0 bridgehead atoms. The van der Waals surface area contributed by atoms with Gasteiger partial charge in [-0.05, 0) is 25.3 Å². The third-order valence-electron chi connectivity index (χ3n) is 3.74. The Balaban J connectivity index is 1.87. The van der Waals surface area contributed by atoms with Gasteiger partial charge >= 0.3 is 0 Å². The van der Waals surface area contributed by atoms with Crippen molar-refractivity contribution in [2.45, 2.75) is 38.5 Å². The monoisotopic (exact) mass is 233 g/mol. The van der Waals surface area contributed by atoms with E-state index >= 15 is 0 Å². The molecule has 4 nitrogen and oxygen atoms in total. The predicted octanol–water partition coefficient (Wildman–Crippen LogP) is 1.43. The van der Waals surface area contributed by atoms with Gasteiger partial charge < -0.3 is 15.4 Å². The van der Waals surface area contributed by atoms with Crippen LogP contribution < -0.4 is 10.6 Å². The average molecular weight is 233 g/mol. The highest BCUT2D eigenvalue weighted by molar-refractivity contribution is 5.44. The minimum Gasteiger partial charge on any atom is -0.370 e. The summed E-state index contributed by atoms with van der Waals surface area (Å²) in [7, 11) is 0. The van der Waals surface area contributed by atoms with Crippen LogP contribution in [0.1, 0.15) is 30.5 Å². The number of piperidine rings is 1. The fourth-order valence-corrected chi connectivity index (χ4v) is 2.74. The number of hydrogen-bond donors (Lipinski definition) is 1. The Hall–Kier alpha value is -1.13. The number of hydrogen-bond acceptors (Lipinski definition) is 4. The van der Waals surface area contributed by atoms with E-state index in [-0.39, 0.29) is 0 Å². The first-order valence-electron chi connectivity index (χ1n) is 6.42. The summed E-state index contributed by atoms with van der Waals surface area (Å²) in [5.74, 6) is 1.07. The Labute approximate surface area is 102 Å². The Morgan fingerprint density at radius 2 is 2.29 bits per heavy atom. The van der Waals surface area contributed by atoms with Gasteiger partial charge in [0.05, 0.1) is 18.9 Å². The summed E-state index contributed by atoms with van der Waals surface area (Å²) in [6, 6.07) is 4.71. The second-order valence-corrected chi connectivity index (χ2v) is 4.85. The highest BCUT2D eigenvalue weighted by atomic mass is 16.5. The van der Waals surface area contributed by atoms with Gasteiger partial charge in [-0.3, -0.25) is 0 Å². The molecule has 2 aliphatic rings. The number of nitrogens with two attached hydrogens (primary N) is 1. The van der Waals surface area contributed by atoms with Crippen molar-refractivity contribution in [1.29, 1.82) is 0 Å². The summed E-state index contributed by atoms with van der Waals surface area (Å²) in [6.45, 7) is 3.16. The van der Waals surface area contributed by atoms with Gasteiger partial charge in [-0.2, -0.15) is 0 Å². The SMILES string of the molecule is NCC1CCCCN1c1ccc2c(n1)COC2. The molecule has 0 spiro atoms. The van der Waals surface area contributed by atoms with E-state index in [2.05, 4.69) is 17.0 Å². The molecular weight excluding hydrogens is 214 g/mol. The molecule has 92 valence electrons. The van der Waals surface area contributed by atoms with Gasteiger partial charge in [-0.25, -0.2) is 4.98 Å². The molecule has 1 aromatic heterocycles. The highest BCUT2D eigenvalue weighted by Crippen LogP contribution is 2.26. The van der Waals surface area contributed by atoms with E-state index in [1.165, 1.54) is 24.8 Å². The molecular formula is C13H19N3O. The van der Waals surface area contributed by atoms with E-state index in [0.29, 0.717) is 19.3 Å². The van der Waals surface area contributed by atoms with Crippen LogP contribution in [0.15, 0.2) is 12.1 Å². The number of anilines is 1. The Morgan fingerprint density at radius 3 is 3.18 bits per heavy atom. The van der Waals surface area contributed by atoms with Gasteiger partial charge in [0.2, 0.25) is 0 Å². The molecule has 4 heteroatoms. The van der Waals surface area contributed by atoms with Gasteiger partial charge in [0.15, 0.2) is 0 Å². The number of aromatic nitrogens is 1. The van der Waals surface area contributed by atoms with Crippen LogP contribution >= 0.6 is 0 Å². The highest BCUT2D eigenvalue weighted by Gasteiger charge is 2.23. The summed E-state index contributed by atoms with van der Waals surface area (Å²) < 4.78 is 5.40. The number of fused-ring (bicyclic) bond motifs is 1. The molecule has 2 N–H and O–H groups in total. The lowest BCUT2D eigenvalue weighted by Gasteiger charge is -2.36. The number of ether oxygens (including phenoxy) is 1. The minimum atomic E-state index is 0.455. The van der Waals surface area contributed by atoms with Crippen molar-refractivity contribution in [3.63, 3.8) is 0 Å². The zero-order chi connectivity index (χ0) is 11.7. The van der Waals surface area contributed by atoms with Crippen LogP contribution in [0, 0.1) is 0 Å². The second-order valence-electron chi connectivity index (χ2n) is 4.85. The van der Waals surface area contributed by atoms with E-state index in [0.717, 1.165) is 24.6 Å². The number of nitrogens with zero attached hydrogens (tertiary/aromatic N) is 2. The summed E-state index contributed by atoms with van der Waals surface area (Å²) >= 11 is 0. The summed E-state index contributed by atoms with van der Waals surface area (Å²) in [4.78, 5) is 7.08. The maximum atomic E-state index is 5.85. The molecule has 0 aliphatic carbocycles. The summed E-state index contributed by atoms with van der Waals surface area (Å²) in [6.07, 6.45) is 3.71. The largest absolute Gasteiger partial charge is 0.370 e. The molecule has 0 radical (unpaired) electrons. The third-order valence-corrected chi connectivity index (χ3v) is 3.74. The maximum absolute atomic E-state index is 5.85. The molecule has 0 aromatic carbocycles. The van der Waals surface area contributed by atoms with Crippen molar-refractivity contribution in [1.82, 2.24) is 4.98 Å². The van der Waals surface area contributed by atoms with Crippen molar-refractivity contribution in [3.8, 4) is 0 Å². The molecule has 1 fully saturated rings. The second kappa shape index (κ2) is 4.63. The third kappa shape index (κ3) is 2.03. The molecule has 3 heterocycles. The molecule has 1 aromatic rings. The Kier molecular flexibility index (Phi) is 2.99. The van der Waals surface area contributed by atoms with E-state index in [1.54, 1.807) is 0 Å². The lowest BCUT2D eigenvalue weighted by atomic mass is 10.0. The van der Waals surface area contributed by atoms with Crippen LogP contribution in [-0.4, -0.2) is 24.1 Å². The Morgan fingerprint density at radius 1 is 1.35 bits per heavy atom. The van der Waals surface area contributed by atoms with E-state index in [9.17, 15) is 0 Å². The minimum absolute atomic E-state index is 0.455. The van der Waals surface area contributed by atoms with Crippen molar-refractivity contribution in [3.05, 3.63) is 23.4 Å². The zero-order valence-electron chi connectivity index (χ0n) is 10.1. The van der Waals surface area contributed by atoms with Crippen molar-refractivity contribution in [2.75, 3.05) is 18.0 Å². The lowest BCUT2D eigenvalue weighted by Crippen LogP contribution is -2.44. The molecule has 0 amide bonds. The van der Waals surface area contributed by atoms with Crippen LogP contribution in [0.2, 0.25) is 0 Å². The lowest BCUT2D eigenvalue weighted by molar-refractivity contribution is 0.133. The summed E-state index contributed by atoms with van der Waals surface area (Å²) in [5.41, 5.74) is 8.18. The smallest absolute Gasteiger partial charge is 0.129 e. The van der Waals surface area contributed by atoms with Crippen molar-refractivity contribution in [2.24, 2.45) is 5.73 Å². The van der Waals surface area contributed by atoms with Gasteiger partial charge in [-0.15, -0.1) is 0 Å². The molecule has 1 saturated heterocycles. The summed E-state index contributed by atoms with van der Waals surface area (Å²) in [5, 5.41) is 0. The zero-order valence-corrected chi connectivity index (χ0v) is 10.1. The topological polar surface area (TPSA) is 51.4 Å². The van der Waals surface area contributed by atoms with Crippen LogP contribution in [0.4, 0.5) is 5.82 Å². The standard InChI is InChI=1S/C13H19N3O/c14-7-11-3-1-2-6-16(11)13-5-4-10-8-17-9-12(10)15-13/h4-5,11H,1-3,6-9,14H2. The maximum Gasteiger partial charge on any atom is 0.129 e.